The van der Waals surface area contributed by atoms with Gasteiger partial charge in [-0.1, -0.05) is 0 Å². The van der Waals surface area contributed by atoms with Gasteiger partial charge in [-0.2, -0.15) is 5.26 Å². The Hall–Kier alpha value is -3.18. The third-order valence-electron chi connectivity index (χ3n) is 4.06. The predicted molar refractivity (Wildman–Crippen MR) is 97.1 cm³/mol. The molecular weight excluding hydrogens is 418 g/mol. The summed E-state index contributed by atoms with van der Waals surface area (Å²) in [7, 11) is 1.40. The third kappa shape index (κ3) is 3.06. The number of methoxy groups -OCH3 is 1. The number of allylic oxidation sites excluding steroid dienone is 2. The third-order valence-corrected chi connectivity index (χ3v) is 5.01. The molecule has 1 aliphatic rings. The summed E-state index contributed by atoms with van der Waals surface area (Å²) in [6.07, 6.45) is 1.17. The molecule has 3 rings (SSSR count). The summed E-state index contributed by atoms with van der Waals surface area (Å²) in [5.41, 5.74) is 0.614. The molecule has 0 saturated heterocycles. The summed E-state index contributed by atoms with van der Waals surface area (Å²) in [4.78, 5) is 37.4. The van der Waals surface area contributed by atoms with Crippen molar-refractivity contribution in [1.82, 2.24) is 0 Å². The zero-order valence-electron chi connectivity index (χ0n) is 14.3. The van der Waals surface area contributed by atoms with Crippen LogP contribution in [-0.4, -0.2) is 31.1 Å². The predicted octanol–water partition coefficient (Wildman–Crippen LogP) is 3.31. The molecule has 0 saturated carbocycles. The topological polar surface area (TPSA) is 107 Å². The number of ketones is 3. The van der Waals surface area contributed by atoms with E-state index in [9.17, 15) is 14.4 Å². The van der Waals surface area contributed by atoms with Crippen LogP contribution in [-0.2, 0) is 4.79 Å². The van der Waals surface area contributed by atoms with Gasteiger partial charge in [0.2, 0.25) is 11.6 Å². The monoisotopic (exact) mass is 429 g/mol. The molecule has 27 heavy (non-hydrogen) atoms. The maximum atomic E-state index is 12.9. The molecule has 0 atom stereocenters. The van der Waals surface area contributed by atoms with Gasteiger partial charge in [0.05, 0.1) is 22.7 Å². The summed E-state index contributed by atoms with van der Waals surface area (Å²) in [6, 6.07) is 6.24. The minimum Gasteiger partial charge on any atom is -0.493 e. The highest BCUT2D eigenvalue weighted by Crippen LogP contribution is 2.36. The largest absolute Gasteiger partial charge is 0.493 e. The van der Waals surface area contributed by atoms with Crippen LogP contribution >= 0.6 is 15.9 Å². The molecule has 0 N–H and O–H groups in total. The molecule has 1 heterocycles. The highest BCUT2D eigenvalue weighted by molar-refractivity contribution is 9.12. The van der Waals surface area contributed by atoms with E-state index in [1.165, 1.54) is 31.6 Å². The normalized spacial score (nSPS) is 13.3. The molecule has 0 fully saturated rings. The first-order valence-electron chi connectivity index (χ1n) is 7.70. The molecule has 1 aromatic carbocycles. The number of hydrogen-bond acceptors (Lipinski definition) is 7. The van der Waals surface area contributed by atoms with Crippen molar-refractivity contribution in [2.75, 3.05) is 13.7 Å². The van der Waals surface area contributed by atoms with Crippen LogP contribution in [0, 0.1) is 11.3 Å². The average Bonchev–Trinajstić information content (AvgIpc) is 3.13. The van der Waals surface area contributed by atoms with Crippen molar-refractivity contribution in [2.24, 2.45) is 0 Å². The number of nitriles is 1. The molecule has 0 spiro atoms. The maximum Gasteiger partial charge on any atom is 0.241 e. The van der Waals surface area contributed by atoms with E-state index in [1.807, 2.05) is 6.07 Å². The molecule has 136 valence electrons. The van der Waals surface area contributed by atoms with Crippen LogP contribution in [0.15, 0.2) is 33.4 Å². The van der Waals surface area contributed by atoms with E-state index in [1.54, 1.807) is 6.92 Å². The van der Waals surface area contributed by atoms with Gasteiger partial charge in [-0.25, -0.2) is 0 Å². The molecule has 2 aromatic rings. The lowest BCUT2D eigenvalue weighted by atomic mass is 9.91. The Labute approximate surface area is 162 Å². The zero-order valence-corrected chi connectivity index (χ0v) is 15.9. The smallest absolute Gasteiger partial charge is 0.241 e. The second kappa shape index (κ2) is 7.21. The Kier molecular flexibility index (Phi) is 4.97. The molecule has 8 heteroatoms. The van der Waals surface area contributed by atoms with Gasteiger partial charge in [0, 0.05) is 11.1 Å². The van der Waals surface area contributed by atoms with Crippen molar-refractivity contribution in [3.05, 3.63) is 51.4 Å². The van der Waals surface area contributed by atoms with E-state index in [0.717, 1.165) is 0 Å². The minimum atomic E-state index is -0.805. The highest BCUT2D eigenvalue weighted by atomic mass is 79.9. The van der Waals surface area contributed by atoms with E-state index in [0.29, 0.717) is 11.3 Å². The van der Waals surface area contributed by atoms with Crippen LogP contribution in [0.25, 0.3) is 5.57 Å². The van der Waals surface area contributed by atoms with Gasteiger partial charge < -0.3 is 13.9 Å². The maximum absolute atomic E-state index is 12.9. The molecule has 0 radical (unpaired) electrons. The van der Waals surface area contributed by atoms with Crippen molar-refractivity contribution < 1.29 is 28.3 Å². The van der Waals surface area contributed by atoms with Crippen molar-refractivity contribution in [2.45, 2.75) is 6.92 Å². The Balaban J connectivity index is 2.04. The highest BCUT2D eigenvalue weighted by Gasteiger charge is 2.36. The zero-order chi connectivity index (χ0) is 19.7. The van der Waals surface area contributed by atoms with Crippen molar-refractivity contribution in [3.63, 3.8) is 0 Å². The minimum absolute atomic E-state index is 0.00422. The van der Waals surface area contributed by atoms with E-state index >= 15 is 0 Å². The van der Waals surface area contributed by atoms with Crippen LogP contribution in [0.2, 0.25) is 0 Å². The molecule has 1 aromatic heterocycles. The van der Waals surface area contributed by atoms with Crippen LogP contribution in [0.5, 0.6) is 11.5 Å². The second-order valence-corrected chi connectivity index (χ2v) is 6.39. The molecule has 0 unspecified atom stereocenters. The number of rotatable bonds is 5. The first-order chi connectivity index (χ1) is 12.9. The summed E-state index contributed by atoms with van der Waals surface area (Å²) >= 11 is 3.08. The first-order valence-corrected chi connectivity index (χ1v) is 8.49. The number of hydrogen-bond donors (Lipinski definition) is 0. The Morgan fingerprint density at radius 3 is 2.67 bits per heavy atom. The second-order valence-electron chi connectivity index (χ2n) is 5.59. The van der Waals surface area contributed by atoms with E-state index in [2.05, 4.69) is 15.9 Å². The first kappa shape index (κ1) is 18.6. The number of nitrogens with zero attached hydrogens (tertiary/aromatic N) is 1. The number of benzene rings is 1. The lowest BCUT2D eigenvalue weighted by molar-refractivity contribution is -0.111. The van der Waals surface area contributed by atoms with Crippen molar-refractivity contribution >= 4 is 38.9 Å². The van der Waals surface area contributed by atoms with Gasteiger partial charge in [-0.15, -0.1) is 0 Å². The number of carbonyl (C=O) groups excluding carboxylic acids is 3. The van der Waals surface area contributed by atoms with Gasteiger partial charge in [0.15, 0.2) is 23.9 Å². The fourth-order valence-electron chi connectivity index (χ4n) is 2.70. The molecule has 0 aliphatic heterocycles. The van der Waals surface area contributed by atoms with E-state index in [4.69, 9.17) is 19.2 Å². The lowest BCUT2D eigenvalue weighted by Gasteiger charge is -2.12. The van der Waals surface area contributed by atoms with Crippen LogP contribution in [0.1, 0.15) is 39.0 Å². The lowest BCUT2D eigenvalue weighted by Crippen LogP contribution is -2.22. The van der Waals surface area contributed by atoms with Gasteiger partial charge in [-0.3, -0.25) is 14.4 Å². The average molecular weight is 430 g/mol. The Bertz CT molecular complexity index is 1060. The summed E-state index contributed by atoms with van der Waals surface area (Å²) in [5, 5.41) is 8.61. The Morgan fingerprint density at radius 2 is 2.00 bits per heavy atom. The fourth-order valence-corrected chi connectivity index (χ4v) is 3.06. The van der Waals surface area contributed by atoms with Crippen molar-refractivity contribution in [3.8, 4) is 17.6 Å². The SMILES string of the molecule is COc1cc(C(=O)c2coc3c2C(=O)C(=O)C(Br)=C3C)ccc1OCC#N. The standard InChI is InChI=1S/C19H12BrNO6/c1-9-15(20)18(24)17(23)14-11(8-27-19(9)14)16(22)10-3-4-12(26-6-5-21)13(7-10)25-2/h3-4,7-8H,6H2,1-2H3. The van der Waals surface area contributed by atoms with Crippen LogP contribution in [0.3, 0.4) is 0 Å². The number of furan rings is 1. The quantitative estimate of drug-likeness (QED) is 0.529. The molecule has 0 amide bonds. The molecular formula is C19H12BrNO6. The van der Waals surface area contributed by atoms with Gasteiger partial charge in [0.1, 0.15) is 18.1 Å². The van der Waals surface area contributed by atoms with Gasteiger partial charge in [-0.05, 0) is 41.1 Å². The van der Waals surface area contributed by atoms with Crippen LogP contribution < -0.4 is 9.47 Å². The number of fused-ring (bicyclic) bond motifs is 1. The van der Waals surface area contributed by atoms with Gasteiger partial charge in [0.25, 0.3) is 0 Å². The Morgan fingerprint density at radius 1 is 1.26 bits per heavy atom. The van der Waals surface area contributed by atoms with Gasteiger partial charge >= 0.3 is 0 Å². The van der Waals surface area contributed by atoms with Crippen LogP contribution in [0.4, 0.5) is 0 Å². The van der Waals surface area contributed by atoms with E-state index in [-0.39, 0.29) is 39.3 Å². The molecule has 0 bridgehead atoms. The van der Waals surface area contributed by atoms with Crippen molar-refractivity contribution in [1.29, 1.82) is 5.26 Å². The number of Topliss-reactive ketones (excluding diaryl/α,β-unsaturated/α-hetero) is 2. The molecule has 7 nitrogen and oxygen atoms in total. The number of ether oxygens (including phenoxy) is 2. The summed E-state index contributed by atoms with van der Waals surface area (Å²) < 4.78 is 15.9. The summed E-state index contributed by atoms with van der Waals surface area (Å²) in [6.45, 7) is 1.45. The molecule has 1 aliphatic carbocycles. The number of halogens is 1. The van der Waals surface area contributed by atoms with E-state index < -0.39 is 17.3 Å². The number of carbonyl (C=O) groups is 3. The summed E-state index contributed by atoms with van der Waals surface area (Å²) in [5.74, 6) is -1.28. The fraction of sp³-hybridized carbons (Fsp3) is 0.158.